The lowest BCUT2D eigenvalue weighted by Crippen LogP contribution is -2.03. The Labute approximate surface area is 73.9 Å². The summed E-state index contributed by atoms with van der Waals surface area (Å²) in [4.78, 5) is 0. The molecule has 1 unspecified atom stereocenters. The molecule has 0 nitrogen and oxygen atoms in total. The number of hydrogen-bond acceptors (Lipinski definition) is 0. The molecule has 1 atom stereocenters. The van der Waals surface area contributed by atoms with E-state index in [4.69, 9.17) is 0 Å². The summed E-state index contributed by atoms with van der Waals surface area (Å²) >= 11 is 0. The standard InChI is InChI=1S/C12H14/c1-2-5-11(6-3-1)9-10-12-7-4-8-12/h1-7,12H,8-10H2. The van der Waals surface area contributed by atoms with Gasteiger partial charge in [0.25, 0.3) is 0 Å². The van der Waals surface area contributed by atoms with Crippen LogP contribution in [0.3, 0.4) is 0 Å². The van der Waals surface area contributed by atoms with Gasteiger partial charge in [0.1, 0.15) is 0 Å². The van der Waals surface area contributed by atoms with Crippen LogP contribution in [0.25, 0.3) is 0 Å². The van der Waals surface area contributed by atoms with Crippen LogP contribution in [0.4, 0.5) is 0 Å². The summed E-state index contributed by atoms with van der Waals surface area (Å²) < 4.78 is 0. The Hall–Kier alpha value is -1.04. The van der Waals surface area contributed by atoms with Crippen LogP contribution >= 0.6 is 0 Å². The highest BCUT2D eigenvalue weighted by Crippen LogP contribution is 2.22. The minimum atomic E-state index is 0.866. The lowest BCUT2D eigenvalue weighted by atomic mass is 9.89. The predicted octanol–water partition coefficient (Wildman–Crippen LogP) is 3.20. The number of benzene rings is 1. The first-order valence-electron chi connectivity index (χ1n) is 4.66. The lowest BCUT2D eigenvalue weighted by molar-refractivity contribution is 0.557. The molecule has 0 radical (unpaired) electrons. The molecular formula is C12H14. The third kappa shape index (κ3) is 1.76. The molecule has 0 saturated carbocycles. The summed E-state index contributed by atoms with van der Waals surface area (Å²) in [6.45, 7) is 0. The summed E-state index contributed by atoms with van der Waals surface area (Å²) in [6.07, 6.45) is 8.43. The van der Waals surface area contributed by atoms with Crippen molar-refractivity contribution in [2.24, 2.45) is 5.92 Å². The highest BCUT2D eigenvalue weighted by molar-refractivity contribution is 5.15. The molecule has 0 heterocycles. The van der Waals surface area contributed by atoms with E-state index in [1.807, 2.05) is 0 Å². The fourth-order valence-electron chi connectivity index (χ4n) is 1.54. The Morgan fingerprint density at radius 3 is 2.50 bits per heavy atom. The second-order valence-corrected chi connectivity index (χ2v) is 3.45. The number of hydrogen-bond donors (Lipinski definition) is 0. The average Bonchev–Trinajstić information content (AvgIpc) is 2.04. The summed E-state index contributed by atoms with van der Waals surface area (Å²) in [5.41, 5.74) is 1.47. The zero-order valence-electron chi connectivity index (χ0n) is 7.24. The summed E-state index contributed by atoms with van der Waals surface area (Å²) in [6, 6.07) is 10.7. The molecule has 0 saturated heterocycles. The zero-order chi connectivity index (χ0) is 8.23. The minimum absolute atomic E-state index is 0.866. The topological polar surface area (TPSA) is 0 Å². The number of allylic oxidation sites excluding steroid dienone is 2. The van der Waals surface area contributed by atoms with Crippen molar-refractivity contribution in [3.05, 3.63) is 48.0 Å². The Bertz CT molecular complexity index is 259. The molecule has 0 aliphatic heterocycles. The third-order valence-corrected chi connectivity index (χ3v) is 2.49. The predicted molar refractivity (Wildman–Crippen MR) is 52.0 cm³/mol. The molecule has 0 fully saturated rings. The van der Waals surface area contributed by atoms with Crippen LogP contribution < -0.4 is 0 Å². The van der Waals surface area contributed by atoms with E-state index in [1.54, 1.807) is 0 Å². The van der Waals surface area contributed by atoms with Gasteiger partial charge in [-0.05, 0) is 30.7 Å². The van der Waals surface area contributed by atoms with Gasteiger partial charge in [-0.3, -0.25) is 0 Å². The van der Waals surface area contributed by atoms with Crippen LogP contribution in [0.5, 0.6) is 0 Å². The summed E-state index contributed by atoms with van der Waals surface area (Å²) in [5.74, 6) is 0.866. The van der Waals surface area contributed by atoms with Crippen molar-refractivity contribution in [1.82, 2.24) is 0 Å². The van der Waals surface area contributed by atoms with Crippen molar-refractivity contribution >= 4 is 0 Å². The fourth-order valence-corrected chi connectivity index (χ4v) is 1.54. The molecule has 1 aromatic rings. The van der Waals surface area contributed by atoms with E-state index in [1.165, 1.54) is 24.8 Å². The van der Waals surface area contributed by atoms with E-state index in [-0.39, 0.29) is 0 Å². The fraction of sp³-hybridized carbons (Fsp3) is 0.333. The molecule has 0 spiro atoms. The van der Waals surface area contributed by atoms with Crippen molar-refractivity contribution < 1.29 is 0 Å². The van der Waals surface area contributed by atoms with Crippen molar-refractivity contribution in [3.8, 4) is 0 Å². The van der Waals surface area contributed by atoms with Crippen LogP contribution in [0, 0.1) is 5.92 Å². The highest BCUT2D eigenvalue weighted by Gasteiger charge is 2.08. The molecule has 62 valence electrons. The molecule has 0 amide bonds. The maximum atomic E-state index is 2.32. The largest absolute Gasteiger partial charge is 0.0877 e. The monoisotopic (exact) mass is 158 g/mol. The molecule has 2 rings (SSSR count). The first-order valence-corrected chi connectivity index (χ1v) is 4.66. The quantitative estimate of drug-likeness (QED) is 0.592. The van der Waals surface area contributed by atoms with Gasteiger partial charge in [0.05, 0.1) is 0 Å². The molecule has 1 aliphatic rings. The Morgan fingerprint density at radius 2 is 1.92 bits per heavy atom. The van der Waals surface area contributed by atoms with Crippen molar-refractivity contribution in [2.45, 2.75) is 19.3 Å². The van der Waals surface area contributed by atoms with Crippen LogP contribution in [-0.2, 0) is 6.42 Å². The van der Waals surface area contributed by atoms with E-state index >= 15 is 0 Å². The van der Waals surface area contributed by atoms with E-state index < -0.39 is 0 Å². The zero-order valence-corrected chi connectivity index (χ0v) is 7.24. The summed E-state index contributed by atoms with van der Waals surface area (Å²) in [5, 5.41) is 0. The number of aryl methyl sites for hydroxylation is 1. The van der Waals surface area contributed by atoms with Gasteiger partial charge in [-0.15, -0.1) is 0 Å². The molecule has 1 aromatic carbocycles. The number of rotatable bonds is 3. The van der Waals surface area contributed by atoms with E-state index in [2.05, 4.69) is 42.5 Å². The van der Waals surface area contributed by atoms with Gasteiger partial charge in [-0.25, -0.2) is 0 Å². The van der Waals surface area contributed by atoms with Crippen LogP contribution in [0.1, 0.15) is 18.4 Å². The van der Waals surface area contributed by atoms with Crippen LogP contribution in [-0.4, -0.2) is 0 Å². The molecule has 0 heteroatoms. The van der Waals surface area contributed by atoms with E-state index in [9.17, 15) is 0 Å². The van der Waals surface area contributed by atoms with Crippen LogP contribution in [0.2, 0.25) is 0 Å². The first kappa shape index (κ1) is 7.60. The second kappa shape index (κ2) is 3.57. The van der Waals surface area contributed by atoms with Gasteiger partial charge in [-0.1, -0.05) is 42.5 Å². The normalized spacial score (nSPS) is 20.5. The summed E-state index contributed by atoms with van der Waals surface area (Å²) in [7, 11) is 0. The Morgan fingerprint density at radius 1 is 1.17 bits per heavy atom. The molecule has 1 aliphatic carbocycles. The minimum Gasteiger partial charge on any atom is -0.0877 e. The third-order valence-electron chi connectivity index (χ3n) is 2.49. The molecule has 0 N–H and O–H groups in total. The maximum absolute atomic E-state index is 2.32. The van der Waals surface area contributed by atoms with Gasteiger partial charge >= 0.3 is 0 Å². The maximum Gasteiger partial charge on any atom is -0.0196 e. The second-order valence-electron chi connectivity index (χ2n) is 3.45. The first-order chi connectivity index (χ1) is 5.95. The van der Waals surface area contributed by atoms with Crippen molar-refractivity contribution in [2.75, 3.05) is 0 Å². The Kier molecular flexibility index (Phi) is 2.26. The van der Waals surface area contributed by atoms with Gasteiger partial charge in [0.2, 0.25) is 0 Å². The smallest absolute Gasteiger partial charge is 0.0196 e. The van der Waals surface area contributed by atoms with Crippen molar-refractivity contribution in [3.63, 3.8) is 0 Å². The molecule has 0 bridgehead atoms. The molecule has 0 aromatic heterocycles. The van der Waals surface area contributed by atoms with Gasteiger partial charge < -0.3 is 0 Å². The van der Waals surface area contributed by atoms with Gasteiger partial charge in [0, 0.05) is 0 Å². The highest BCUT2D eigenvalue weighted by atomic mass is 14.1. The van der Waals surface area contributed by atoms with Gasteiger partial charge in [0.15, 0.2) is 0 Å². The van der Waals surface area contributed by atoms with E-state index in [0.29, 0.717) is 0 Å². The molecular weight excluding hydrogens is 144 g/mol. The van der Waals surface area contributed by atoms with Crippen LogP contribution in [0.15, 0.2) is 42.5 Å². The van der Waals surface area contributed by atoms with Gasteiger partial charge in [-0.2, -0.15) is 0 Å². The average molecular weight is 158 g/mol. The SMILES string of the molecule is C1=CC(CCc2ccccc2)C1. The lowest BCUT2D eigenvalue weighted by Gasteiger charge is -2.16. The Balaban J connectivity index is 1.83. The van der Waals surface area contributed by atoms with Crippen molar-refractivity contribution in [1.29, 1.82) is 0 Å². The van der Waals surface area contributed by atoms with E-state index in [0.717, 1.165) is 5.92 Å². The molecule has 12 heavy (non-hydrogen) atoms.